The van der Waals surface area contributed by atoms with Gasteiger partial charge >= 0.3 is 31.5 Å². The Bertz CT molecular complexity index is 157. The van der Waals surface area contributed by atoms with Gasteiger partial charge in [-0.15, -0.1) is 31.2 Å². The normalized spacial score (nSPS) is 8.40. The topological polar surface area (TPSA) is 37.3 Å². The first-order chi connectivity index (χ1) is 5.83. The quantitative estimate of drug-likeness (QED) is 0.579. The van der Waals surface area contributed by atoms with Crippen molar-refractivity contribution in [1.29, 1.82) is 0 Å². The molecule has 2 nitrogen and oxygen atoms in total. The first kappa shape index (κ1) is 29.7. The first-order valence-electron chi connectivity index (χ1n) is 3.59. The fourth-order valence-corrected chi connectivity index (χ4v) is 0.340. The van der Waals surface area contributed by atoms with Crippen LogP contribution in [0.15, 0.2) is 18.2 Å². The molecule has 0 spiro atoms. The summed E-state index contributed by atoms with van der Waals surface area (Å²) in [5.41, 5.74) is 0. The van der Waals surface area contributed by atoms with Crippen LogP contribution in [-0.2, 0) is 24.7 Å². The molecule has 0 aromatic carbocycles. The van der Waals surface area contributed by atoms with Crippen LogP contribution in [0.4, 0.5) is 0 Å². The van der Waals surface area contributed by atoms with Crippen LogP contribution in [0.3, 0.4) is 0 Å². The second kappa shape index (κ2) is 36.3. The molecular weight excluding hydrogens is 330 g/mol. The summed E-state index contributed by atoms with van der Waals surface area (Å²) >= 11 is -0.992. The second-order valence-electron chi connectivity index (χ2n) is 1.72. The predicted molar refractivity (Wildman–Crippen MR) is 68.8 cm³/mol. The van der Waals surface area contributed by atoms with Gasteiger partial charge in [0.2, 0.25) is 0 Å². The zero-order valence-corrected chi connectivity index (χ0v) is 14.4. The summed E-state index contributed by atoms with van der Waals surface area (Å²) in [5.74, 6) is 0. The maximum absolute atomic E-state index is 9.11. The van der Waals surface area contributed by atoms with Crippen molar-refractivity contribution in [2.24, 2.45) is 0 Å². The van der Waals surface area contributed by atoms with E-state index >= 15 is 0 Å². The van der Waals surface area contributed by atoms with E-state index in [1.54, 1.807) is 6.88 Å². The van der Waals surface area contributed by atoms with Crippen LogP contribution < -0.4 is 0 Å². The van der Waals surface area contributed by atoms with Gasteiger partial charge in [-0.05, 0) is 0 Å². The molecule has 0 aliphatic heterocycles. The molecule has 0 heterocycles. The van der Waals surface area contributed by atoms with Crippen LogP contribution in [0.1, 0.15) is 12.8 Å². The van der Waals surface area contributed by atoms with Gasteiger partial charge in [-0.3, -0.25) is 6.08 Å². The second-order valence-corrected chi connectivity index (χ2v) is 4.14. The van der Waals surface area contributed by atoms with E-state index in [-0.39, 0.29) is 38.8 Å². The van der Waals surface area contributed by atoms with Crippen LogP contribution in [-0.4, -0.2) is 18.6 Å². The molecule has 15 heavy (non-hydrogen) atoms. The standard InChI is InChI=1S/C5H5.C3H7O.CH3.2ClH.O.H2Si.Zr/c1-2-4-5-3-1;1-2-3-4;;;;;;/h1-3H,4H2;4H,1-3H2;1H3;2*1H;;1H2;/q3*-1;;;;;. The molecule has 0 amide bonds. The average Bonchev–Trinajstić information content (AvgIpc) is 2.62. The van der Waals surface area contributed by atoms with Crippen molar-refractivity contribution in [3.8, 4) is 0 Å². The molecule has 0 atom stereocenters. The van der Waals surface area contributed by atoms with E-state index in [2.05, 4.69) is 19.1 Å². The summed E-state index contributed by atoms with van der Waals surface area (Å²) in [4.78, 5) is 0. The molecule has 0 fully saturated rings. The molecule has 1 rings (SSSR count). The van der Waals surface area contributed by atoms with Crippen molar-refractivity contribution in [3.05, 3.63) is 38.7 Å². The molecule has 0 radical (unpaired) electrons. The number of aliphatic hydroxyl groups is 1. The summed E-state index contributed by atoms with van der Waals surface area (Å²) in [5, 5.41) is 7.81. The van der Waals surface area contributed by atoms with Gasteiger partial charge < -0.3 is 19.5 Å². The predicted octanol–water partition coefficient (Wildman–Crippen LogP) is 1.76. The number of allylic oxidation sites excluding steroid dienone is 4. The molecule has 0 saturated carbocycles. The summed E-state index contributed by atoms with van der Waals surface area (Å²) in [6, 6.07) is 0. The van der Waals surface area contributed by atoms with Gasteiger partial charge in [0.25, 0.3) is 0 Å². The molecule has 0 aromatic rings. The minimum atomic E-state index is -0.992. The third-order valence-corrected chi connectivity index (χ3v) is 0.744. The van der Waals surface area contributed by atoms with Crippen molar-refractivity contribution in [2.45, 2.75) is 12.8 Å². The van der Waals surface area contributed by atoms with Gasteiger partial charge in [-0.1, -0.05) is 0 Å². The maximum atomic E-state index is 9.11. The summed E-state index contributed by atoms with van der Waals surface area (Å²) in [6.07, 6.45) is 10.6. The van der Waals surface area contributed by atoms with Gasteiger partial charge in [0.15, 0.2) is 0 Å². The van der Waals surface area contributed by atoms with Crippen molar-refractivity contribution in [2.75, 3.05) is 6.61 Å². The van der Waals surface area contributed by atoms with E-state index in [9.17, 15) is 0 Å². The molecule has 6 heteroatoms. The van der Waals surface area contributed by atoms with E-state index in [0.717, 1.165) is 6.42 Å². The zero-order chi connectivity index (χ0) is 9.66. The fourth-order valence-electron chi connectivity index (χ4n) is 0.340. The number of halogens is 2. The van der Waals surface area contributed by atoms with Crippen LogP contribution in [0, 0.1) is 20.4 Å². The molecular formula is C9H19Cl2O2SiZr-3. The minimum absolute atomic E-state index is 0. The van der Waals surface area contributed by atoms with E-state index in [1.807, 2.05) is 12.2 Å². The molecule has 0 bridgehead atoms. The van der Waals surface area contributed by atoms with Crippen LogP contribution in [0.2, 0.25) is 0 Å². The number of hydrogen-bond acceptors (Lipinski definition) is 2. The monoisotopic (exact) mass is 347 g/mol. The first-order valence-corrected chi connectivity index (χ1v) is 10.5. The third-order valence-electron chi connectivity index (χ3n) is 0.744. The van der Waals surface area contributed by atoms with Gasteiger partial charge in [-0.2, -0.15) is 12.5 Å². The van der Waals surface area contributed by atoms with Crippen LogP contribution in [0.5, 0.6) is 0 Å². The third kappa shape index (κ3) is 52.0. The number of aliphatic hydroxyl groups excluding tert-OH is 1. The van der Waals surface area contributed by atoms with E-state index in [1.165, 1.54) is 0 Å². The van der Waals surface area contributed by atoms with E-state index in [0.29, 0.717) is 6.42 Å². The molecule has 1 aliphatic rings. The molecule has 1 aliphatic carbocycles. The van der Waals surface area contributed by atoms with Gasteiger partial charge in [0.1, 0.15) is 0 Å². The Hall–Kier alpha value is 0.920. The van der Waals surface area contributed by atoms with Crippen molar-refractivity contribution in [3.63, 3.8) is 0 Å². The van der Waals surface area contributed by atoms with Crippen LogP contribution >= 0.6 is 24.8 Å². The number of hydrogen-bond donors (Lipinski definition) is 1. The van der Waals surface area contributed by atoms with Gasteiger partial charge in [0, 0.05) is 6.61 Å². The Balaban J connectivity index is -0.0000000313. The van der Waals surface area contributed by atoms with E-state index < -0.39 is 21.9 Å². The Morgan fingerprint density at radius 1 is 1.53 bits per heavy atom. The summed E-state index contributed by atoms with van der Waals surface area (Å²) < 4.78 is 9.11. The molecule has 0 saturated heterocycles. The number of rotatable bonds is 1. The van der Waals surface area contributed by atoms with Crippen molar-refractivity contribution >= 4 is 31.7 Å². The van der Waals surface area contributed by atoms with Gasteiger partial charge in [0.05, 0.1) is 0 Å². The SMILES string of the molecule is Cl.Cl.[C-]1=CC=CC1.[CH2-]CCO.[CH3-].[O]=[Zr]=[SiH2]. The van der Waals surface area contributed by atoms with Crippen LogP contribution in [0.25, 0.3) is 0 Å². The Kier molecular flexibility index (Phi) is 72.0. The Morgan fingerprint density at radius 3 is 2.00 bits per heavy atom. The van der Waals surface area contributed by atoms with Crippen molar-refractivity contribution < 1.29 is 29.8 Å². The van der Waals surface area contributed by atoms with Gasteiger partial charge in [-0.25, -0.2) is 12.2 Å². The summed E-state index contributed by atoms with van der Waals surface area (Å²) in [7, 11) is 0. The molecule has 1 N–H and O–H groups in total. The zero-order valence-electron chi connectivity index (χ0n) is 8.94. The molecule has 0 aromatic heterocycles. The Labute approximate surface area is 119 Å². The average molecular weight is 349 g/mol. The molecule has 0 unspecified atom stereocenters. The van der Waals surface area contributed by atoms with Crippen molar-refractivity contribution in [1.82, 2.24) is 0 Å². The Morgan fingerprint density at radius 2 is 1.93 bits per heavy atom. The fraction of sp³-hybridized carbons (Fsp3) is 0.333. The summed E-state index contributed by atoms with van der Waals surface area (Å²) in [6.45, 7) is 5.15. The van der Waals surface area contributed by atoms with E-state index in [4.69, 9.17) is 7.92 Å². The molecule has 92 valence electrons.